The molecule has 0 spiro atoms. The van der Waals surface area contributed by atoms with E-state index in [2.05, 4.69) is 5.32 Å². The van der Waals surface area contributed by atoms with Gasteiger partial charge in [-0.25, -0.2) is 9.59 Å². The van der Waals surface area contributed by atoms with Crippen LogP contribution in [-0.2, 0) is 14.9 Å². The van der Waals surface area contributed by atoms with Gasteiger partial charge in [-0.15, -0.1) is 0 Å². The van der Waals surface area contributed by atoms with Gasteiger partial charge in [0.1, 0.15) is 11.4 Å². The summed E-state index contributed by atoms with van der Waals surface area (Å²) in [6.45, 7) is 5.28. The van der Waals surface area contributed by atoms with Crippen LogP contribution in [0.5, 0.6) is 5.75 Å². The molecular formula is C17H23NO6. The number of ether oxygens (including phenoxy) is 2. The van der Waals surface area contributed by atoms with E-state index in [9.17, 15) is 14.7 Å². The molecule has 132 valence electrons. The topological polar surface area (TPSA) is 105 Å². The average molecular weight is 337 g/mol. The van der Waals surface area contributed by atoms with Gasteiger partial charge in [-0.05, 0) is 51.8 Å². The molecule has 1 atom stereocenters. The Bertz CT molecular complexity index is 645. The standard InChI is InChI=1S/C17H23NO6/c1-16(2,3)24-15(22)18-10-5-6-12(23-4)11(9-10)17(7-8-17)13(19)14(20)21/h5-6,9,13,19H,7-8H2,1-4H3,(H,18,22)(H,20,21). The van der Waals surface area contributed by atoms with E-state index >= 15 is 0 Å². The molecular weight excluding hydrogens is 314 g/mol. The molecule has 0 heterocycles. The first kappa shape index (κ1) is 18.1. The van der Waals surface area contributed by atoms with Crippen LogP contribution in [0.25, 0.3) is 0 Å². The van der Waals surface area contributed by atoms with Crippen LogP contribution in [-0.4, -0.2) is 41.1 Å². The van der Waals surface area contributed by atoms with Gasteiger partial charge in [0.25, 0.3) is 0 Å². The van der Waals surface area contributed by atoms with Crippen LogP contribution < -0.4 is 10.1 Å². The fourth-order valence-corrected chi connectivity index (χ4v) is 2.66. The van der Waals surface area contributed by atoms with Crippen LogP contribution in [0.2, 0.25) is 0 Å². The van der Waals surface area contributed by atoms with E-state index in [1.807, 2.05) is 0 Å². The molecule has 1 unspecified atom stereocenters. The molecule has 1 amide bonds. The van der Waals surface area contributed by atoms with Crippen molar-refractivity contribution in [1.29, 1.82) is 0 Å². The van der Waals surface area contributed by atoms with Crippen LogP contribution in [0.4, 0.5) is 10.5 Å². The summed E-state index contributed by atoms with van der Waals surface area (Å²) in [5.41, 5.74) is -0.503. The Morgan fingerprint density at radius 2 is 1.92 bits per heavy atom. The largest absolute Gasteiger partial charge is 0.496 e. The molecule has 1 saturated carbocycles. The average Bonchev–Trinajstić information content (AvgIpc) is 3.25. The molecule has 3 N–H and O–H groups in total. The highest BCUT2D eigenvalue weighted by Crippen LogP contribution is 2.54. The number of amides is 1. The summed E-state index contributed by atoms with van der Waals surface area (Å²) in [5, 5.41) is 21.8. The smallest absolute Gasteiger partial charge is 0.412 e. The lowest BCUT2D eigenvalue weighted by molar-refractivity contribution is -0.148. The monoisotopic (exact) mass is 337 g/mol. The Kier molecular flexibility index (Phi) is 4.75. The SMILES string of the molecule is COc1ccc(NC(=O)OC(C)(C)C)cc1C1(C(O)C(=O)O)CC1. The second-order valence-electron chi connectivity index (χ2n) is 6.94. The van der Waals surface area contributed by atoms with Crippen molar-refractivity contribution in [2.75, 3.05) is 12.4 Å². The quantitative estimate of drug-likeness (QED) is 0.762. The van der Waals surface area contributed by atoms with Gasteiger partial charge in [0.2, 0.25) is 0 Å². The summed E-state index contributed by atoms with van der Waals surface area (Å²) in [6.07, 6.45) is -1.06. The third-order valence-electron chi connectivity index (χ3n) is 3.93. The molecule has 1 fully saturated rings. The summed E-state index contributed by atoms with van der Waals surface area (Å²) >= 11 is 0. The van der Waals surface area contributed by atoms with Crippen molar-refractivity contribution < 1.29 is 29.3 Å². The molecule has 0 radical (unpaired) electrons. The van der Waals surface area contributed by atoms with Crippen molar-refractivity contribution >= 4 is 17.7 Å². The second-order valence-corrected chi connectivity index (χ2v) is 6.94. The van der Waals surface area contributed by atoms with Gasteiger partial charge < -0.3 is 19.7 Å². The summed E-state index contributed by atoms with van der Waals surface area (Å²) in [7, 11) is 1.48. The zero-order chi connectivity index (χ0) is 18.1. The Morgan fingerprint density at radius 1 is 1.29 bits per heavy atom. The minimum atomic E-state index is -1.52. The van der Waals surface area contributed by atoms with Gasteiger partial charge in [0.05, 0.1) is 7.11 Å². The second kappa shape index (κ2) is 6.32. The first-order valence-corrected chi connectivity index (χ1v) is 7.68. The summed E-state index contributed by atoms with van der Waals surface area (Å²) in [4.78, 5) is 23.1. The van der Waals surface area contributed by atoms with Gasteiger partial charge in [-0.2, -0.15) is 0 Å². The molecule has 0 bridgehead atoms. The minimum Gasteiger partial charge on any atom is -0.496 e. The van der Waals surface area contributed by atoms with Crippen molar-refractivity contribution in [3.63, 3.8) is 0 Å². The molecule has 7 heteroatoms. The van der Waals surface area contributed by atoms with E-state index in [4.69, 9.17) is 14.6 Å². The van der Waals surface area contributed by atoms with Crippen LogP contribution in [0, 0.1) is 0 Å². The number of nitrogens with one attached hydrogen (secondary N) is 1. The Balaban J connectivity index is 2.29. The lowest BCUT2D eigenvalue weighted by Gasteiger charge is -2.23. The summed E-state index contributed by atoms with van der Waals surface area (Å²) in [5.74, 6) is -0.803. The zero-order valence-corrected chi connectivity index (χ0v) is 14.3. The van der Waals surface area contributed by atoms with Crippen LogP contribution in [0.1, 0.15) is 39.2 Å². The molecule has 24 heavy (non-hydrogen) atoms. The normalized spacial score (nSPS) is 16.9. The van der Waals surface area contributed by atoms with E-state index in [1.165, 1.54) is 7.11 Å². The molecule has 1 aromatic rings. The van der Waals surface area contributed by atoms with Crippen molar-refractivity contribution in [3.8, 4) is 5.75 Å². The Labute approximate surface area is 140 Å². The van der Waals surface area contributed by atoms with Gasteiger partial charge in [0.15, 0.2) is 6.10 Å². The van der Waals surface area contributed by atoms with Gasteiger partial charge in [0, 0.05) is 16.7 Å². The van der Waals surface area contributed by atoms with Crippen molar-refractivity contribution in [2.24, 2.45) is 0 Å². The van der Waals surface area contributed by atoms with E-state index in [0.717, 1.165) is 0 Å². The number of aliphatic hydroxyl groups is 1. The summed E-state index contributed by atoms with van der Waals surface area (Å²) in [6, 6.07) is 4.90. The number of aliphatic carboxylic acids is 1. The highest BCUT2D eigenvalue weighted by Gasteiger charge is 2.55. The summed E-state index contributed by atoms with van der Waals surface area (Å²) < 4.78 is 10.5. The first-order chi connectivity index (χ1) is 11.1. The molecule has 2 rings (SSSR count). The number of carbonyl (C=O) groups is 2. The van der Waals surface area contributed by atoms with Crippen LogP contribution in [0.3, 0.4) is 0 Å². The van der Waals surface area contributed by atoms with Gasteiger partial charge in [-0.1, -0.05) is 0 Å². The van der Waals surface area contributed by atoms with Crippen LogP contribution in [0.15, 0.2) is 18.2 Å². The lowest BCUT2D eigenvalue weighted by Crippen LogP contribution is -2.34. The molecule has 0 saturated heterocycles. The Hall–Kier alpha value is -2.28. The highest BCUT2D eigenvalue weighted by atomic mass is 16.6. The number of anilines is 1. The van der Waals surface area contributed by atoms with Crippen molar-refractivity contribution in [3.05, 3.63) is 23.8 Å². The number of benzene rings is 1. The van der Waals surface area contributed by atoms with Gasteiger partial charge in [-0.3, -0.25) is 5.32 Å². The third kappa shape index (κ3) is 3.79. The number of carboxylic acids is 1. The highest BCUT2D eigenvalue weighted by molar-refractivity contribution is 5.85. The number of rotatable bonds is 5. The van der Waals surface area contributed by atoms with E-state index in [1.54, 1.807) is 39.0 Å². The molecule has 1 aliphatic rings. The molecule has 7 nitrogen and oxygen atoms in total. The third-order valence-corrected chi connectivity index (χ3v) is 3.93. The Morgan fingerprint density at radius 3 is 2.38 bits per heavy atom. The maximum atomic E-state index is 11.9. The lowest BCUT2D eigenvalue weighted by atomic mass is 9.88. The van der Waals surface area contributed by atoms with Crippen molar-refractivity contribution in [1.82, 2.24) is 0 Å². The van der Waals surface area contributed by atoms with Crippen molar-refractivity contribution in [2.45, 2.75) is 50.7 Å². The predicted octanol–water partition coefficient (Wildman–Crippen LogP) is 2.52. The fraction of sp³-hybridized carbons (Fsp3) is 0.529. The molecule has 0 aliphatic heterocycles. The number of hydrogen-bond acceptors (Lipinski definition) is 5. The van der Waals surface area contributed by atoms with E-state index < -0.39 is 29.2 Å². The van der Waals surface area contributed by atoms with E-state index in [-0.39, 0.29) is 0 Å². The number of carboxylic acid groups (broad SMARTS) is 1. The zero-order valence-electron chi connectivity index (χ0n) is 14.3. The molecule has 1 aromatic carbocycles. The maximum absolute atomic E-state index is 11.9. The minimum absolute atomic E-state index is 0.448. The number of methoxy groups -OCH3 is 1. The van der Waals surface area contributed by atoms with Gasteiger partial charge >= 0.3 is 12.1 Å². The van der Waals surface area contributed by atoms with E-state index in [0.29, 0.717) is 29.8 Å². The fourth-order valence-electron chi connectivity index (χ4n) is 2.66. The number of aliphatic hydroxyl groups excluding tert-OH is 1. The van der Waals surface area contributed by atoms with Crippen LogP contribution >= 0.6 is 0 Å². The number of hydrogen-bond donors (Lipinski definition) is 3. The predicted molar refractivity (Wildman–Crippen MR) is 87.4 cm³/mol. The molecule has 1 aliphatic carbocycles. The first-order valence-electron chi connectivity index (χ1n) is 7.68. The maximum Gasteiger partial charge on any atom is 0.412 e. The number of carbonyl (C=O) groups excluding carboxylic acids is 1. The molecule has 0 aromatic heterocycles.